The number of rotatable bonds is 4. The third kappa shape index (κ3) is 3.59. The summed E-state index contributed by atoms with van der Waals surface area (Å²) >= 11 is 0. The quantitative estimate of drug-likeness (QED) is 0.904. The highest BCUT2D eigenvalue weighted by molar-refractivity contribution is 5.00. The highest BCUT2D eigenvalue weighted by Gasteiger charge is 2.25. The summed E-state index contributed by atoms with van der Waals surface area (Å²) in [6, 6.07) is 0.686. The Morgan fingerprint density at radius 2 is 2.15 bits per heavy atom. The molecule has 3 rings (SSSR count). The smallest absolute Gasteiger partial charge is 0.103 e. The maximum atomic E-state index is 5.45. The number of nitrogens with zero attached hydrogens (tertiary/aromatic N) is 3. The van der Waals surface area contributed by atoms with Crippen molar-refractivity contribution in [1.82, 2.24) is 19.8 Å². The second-order valence-electron chi connectivity index (χ2n) is 6.03. The highest BCUT2D eigenvalue weighted by atomic mass is 16.5. The fraction of sp³-hybridized carbons (Fsp3) is 0.800. The Labute approximate surface area is 121 Å². The van der Waals surface area contributed by atoms with Gasteiger partial charge in [0.05, 0.1) is 13.2 Å². The minimum absolute atomic E-state index is 0.686. The van der Waals surface area contributed by atoms with E-state index in [2.05, 4.69) is 19.8 Å². The summed E-state index contributed by atoms with van der Waals surface area (Å²) in [7, 11) is 0. The van der Waals surface area contributed by atoms with Gasteiger partial charge in [0.2, 0.25) is 0 Å². The zero-order valence-electron chi connectivity index (χ0n) is 12.5. The Morgan fingerprint density at radius 1 is 1.30 bits per heavy atom. The molecule has 0 aliphatic carbocycles. The molecule has 5 nitrogen and oxygen atoms in total. The third-order valence-electron chi connectivity index (χ3n) is 4.45. The van der Waals surface area contributed by atoms with Gasteiger partial charge in [0.15, 0.2) is 0 Å². The predicted molar refractivity (Wildman–Crippen MR) is 78.6 cm³/mol. The number of aryl methyl sites for hydroxylation is 1. The molecule has 0 aromatic carbocycles. The van der Waals surface area contributed by atoms with E-state index in [1.165, 1.54) is 38.0 Å². The summed E-state index contributed by atoms with van der Waals surface area (Å²) < 4.78 is 5.45. The number of ether oxygens (including phenoxy) is 1. The maximum absolute atomic E-state index is 5.45. The van der Waals surface area contributed by atoms with E-state index >= 15 is 0 Å². The zero-order valence-corrected chi connectivity index (χ0v) is 12.5. The fourth-order valence-electron chi connectivity index (χ4n) is 3.33. The molecule has 2 saturated heterocycles. The average molecular weight is 278 g/mol. The lowest BCUT2D eigenvalue weighted by atomic mass is 10.0. The number of aromatic nitrogens is 2. The molecule has 0 amide bonds. The number of H-pyrrole nitrogens is 1. The summed E-state index contributed by atoms with van der Waals surface area (Å²) in [6.45, 7) is 9.41. The molecule has 1 N–H and O–H groups in total. The molecule has 0 unspecified atom stereocenters. The van der Waals surface area contributed by atoms with Gasteiger partial charge in [0.1, 0.15) is 5.82 Å². The maximum Gasteiger partial charge on any atom is 0.103 e. The molecule has 1 aromatic rings. The summed E-state index contributed by atoms with van der Waals surface area (Å²) in [5.74, 6) is 1.02. The van der Waals surface area contributed by atoms with Crippen molar-refractivity contribution < 1.29 is 4.74 Å². The van der Waals surface area contributed by atoms with Crippen LogP contribution in [0.25, 0.3) is 0 Å². The first-order valence-corrected chi connectivity index (χ1v) is 7.86. The summed E-state index contributed by atoms with van der Waals surface area (Å²) in [6.07, 6.45) is 6.00. The molecule has 112 valence electrons. The Bertz CT molecular complexity index is 414. The van der Waals surface area contributed by atoms with Gasteiger partial charge >= 0.3 is 0 Å². The van der Waals surface area contributed by atoms with E-state index in [0.717, 1.165) is 38.7 Å². The van der Waals surface area contributed by atoms with Gasteiger partial charge in [-0.25, -0.2) is 4.98 Å². The van der Waals surface area contributed by atoms with Gasteiger partial charge in [0.25, 0.3) is 0 Å². The topological polar surface area (TPSA) is 44.4 Å². The molecule has 2 fully saturated rings. The van der Waals surface area contributed by atoms with Crippen molar-refractivity contribution >= 4 is 0 Å². The van der Waals surface area contributed by atoms with Gasteiger partial charge in [0, 0.05) is 44.1 Å². The predicted octanol–water partition coefficient (Wildman–Crippen LogP) is 1.40. The summed E-state index contributed by atoms with van der Waals surface area (Å²) in [5.41, 5.74) is 1.25. The van der Waals surface area contributed by atoms with E-state index in [-0.39, 0.29) is 0 Å². The lowest BCUT2D eigenvalue weighted by Gasteiger charge is -2.39. The summed E-state index contributed by atoms with van der Waals surface area (Å²) in [4.78, 5) is 12.9. The number of hydrogen-bond donors (Lipinski definition) is 1. The molecule has 3 heterocycles. The van der Waals surface area contributed by atoms with E-state index in [9.17, 15) is 0 Å². The number of piperidine rings is 1. The Kier molecular flexibility index (Phi) is 4.70. The van der Waals surface area contributed by atoms with E-state index in [1.54, 1.807) is 0 Å². The third-order valence-corrected chi connectivity index (χ3v) is 4.45. The van der Waals surface area contributed by atoms with Gasteiger partial charge in [-0.3, -0.25) is 9.80 Å². The molecule has 2 aliphatic rings. The van der Waals surface area contributed by atoms with Crippen LogP contribution in [0.5, 0.6) is 0 Å². The number of hydrogen-bond acceptors (Lipinski definition) is 4. The van der Waals surface area contributed by atoms with Crippen LogP contribution in [0.15, 0.2) is 6.20 Å². The minimum Gasteiger partial charge on any atom is -0.379 e. The van der Waals surface area contributed by atoms with Crippen molar-refractivity contribution in [1.29, 1.82) is 0 Å². The van der Waals surface area contributed by atoms with Crippen LogP contribution in [0.1, 0.15) is 30.8 Å². The highest BCUT2D eigenvalue weighted by Crippen LogP contribution is 2.20. The first-order chi connectivity index (χ1) is 9.81. The van der Waals surface area contributed by atoms with Crippen molar-refractivity contribution in [3.63, 3.8) is 0 Å². The van der Waals surface area contributed by atoms with Gasteiger partial charge in [-0.1, -0.05) is 6.42 Å². The molecule has 0 spiro atoms. The second-order valence-corrected chi connectivity index (χ2v) is 6.03. The number of aromatic amines is 1. The van der Waals surface area contributed by atoms with Gasteiger partial charge in [-0.15, -0.1) is 0 Å². The number of nitrogens with one attached hydrogen (secondary N) is 1. The van der Waals surface area contributed by atoms with Crippen LogP contribution in [0, 0.1) is 6.92 Å². The molecule has 2 aliphatic heterocycles. The Morgan fingerprint density at radius 3 is 2.90 bits per heavy atom. The molecular formula is C15H26N4O. The molecule has 5 heteroatoms. The summed E-state index contributed by atoms with van der Waals surface area (Å²) in [5, 5.41) is 0. The monoisotopic (exact) mass is 278 g/mol. The molecule has 0 bridgehead atoms. The van der Waals surface area contributed by atoms with Crippen LogP contribution in [0.2, 0.25) is 0 Å². The first kappa shape index (κ1) is 14.0. The van der Waals surface area contributed by atoms with Crippen LogP contribution in [0.3, 0.4) is 0 Å². The van der Waals surface area contributed by atoms with Gasteiger partial charge < -0.3 is 9.72 Å². The lowest BCUT2D eigenvalue weighted by molar-refractivity contribution is 0.0151. The number of morpholine rings is 1. The van der Waals surface area contributed by atoms with E-state index in [0.29, 0.717) is 6.04 Å². The van der Waals surface area contributed by atoms with Crippen molar-refractivity contribution in [2.75, 3.05) is 39.4 Å². The Hall–Kier alpha value is -0.910. The molecule has 0 saturated carbocycles. The van der Waals surface area contributed by atoms with Crippen LogP contribution < -0.4 is 0 Å². The molecular weight excluding hydrogens is 252 g/mol. The van der Waals surface area contributed by atoms with Crippen molar-refractivity contribution in [3.05, 3.63) is 17.7 Å². The first-order valence-electron chi connectivity index (χ1n) is 7.86. The van der Waals surface area contributed by atoms with Crippen molar-refractivity contribution in [2.45, 2.75) is 38.8 Å². The van der Waals surface area contributed by atoms with Crippen LogP contribution in [-0.4, -0.2) is 65.2 Å². The van der Waals surface area contributed by atoms with Crippen LogP contribution in [-0.2, 0) is 11.3 Å². The fourth-order valence-corrected chi connectivity index (χ4v) is 3.33. The van der Waals surface area contributed by atoms with Crippen LogP contribution >= 0.6 is 0 Å². The minimum atomic E-state index is 0.686. The Balaban J connectivity index is 1.58. The number of imidazole rings is 1. The van der Waals surface area contributed by atoms with Crippen LogP contribution in [0.4, 0.5) is 0 Å². The normalized spacial score (nSPS) is 25.9. The van der Waals surface area contributed by atoms with Gasteiger partial charge in [-0.05, 0) is 26.3 Å². The molecule has 1 aromatic heterocycles. The standard InChI is InChI=1S/C15H26N4O/c1-13-16-10-14(17-13)11-19-5-3-2-4-15(19)12-18-6-8-20-9-7-18/h10,15H,2-9,11-12H2,1H3,(H,16,17)/t15-/m1/s1. The van der Waals surface area contributed by atoms with E-state index in [1.807, 2.05) is 13.1 Å². The van der Waals surface area contributed by atoms with Crippen molar-refractivity contribution in [3.8, 4) is 0 Å². The zero-order chi connectivity index (χ0) is 13.8. The second kappa shape index (κ2) is 6.70. The van der Waals surface area contributed by atoms with E-state index < -0.39 is 0 Å². The van der Waals surface area contributed by atoms with E-state index in [4.69, 9.17) is 4.74 Å². The van der Waals surface area contributed by atoms with Crippen molar-refractivity contribution in [2.24, 2.45) is 0 Å². The number of likely N-dealkylation sites (tertiary alicyclic amines) is 1. The molecule has 20 heavy (non-hydrogen) atoms. The molecule has 1 atom stereocenters. The lowest BCUT2D eigenvalue weighted by Crippen LogP contribution is -2.49. The average Bonchev–Trinajstić information content (AvgIpc) is 2.88. The van der Waals surface area contributed by atoms with Gasteiger partial charge in [-0.2, -0.15) is 0 Å². The largest absolute Gasteiger partial charge is 0.379 e. The SMILES string of the molecule is Cc1ncc(CN2CCCC[C@@H]2CN2CCOCC2)[nH]1. The molecule has 0 radical (unpaired) electrons.